The molecule has 0 bridgehead atoms. The molecule has 18 heavy (non-hydrogen) atoms. The summed E-state index contributed by atoms with van der Waals surface area (Å²) in [6, 6.07) is 0. The number of hydrogen-bond donors (Lipinski definition) is 2. The van der Waals surface area contributed by atoms with E-state index in [1.165, 1.54) is 5.01 Å². The first kappa shape index (κ1) is 15.0. The van der Waals surface area contributed by atoms with Gasteiger partial charge in [0, 0.05) is 24.2 Å². The molecule has 0 atom stereocenters. The van der Waals surface area contributed by atoms with Crippen molar-refractivity contribution in [3.63, 3.8) is 0 Å². The van der Waals surface area contributed by atoms with Crippen LogP contribution >= 0.6 is 11.3 Å². The monoisotopic (exact) mass is 268 g/mol. The van der Waals surface area contributed by atoms with E-state index >= 15 is 0 Å². The van der Waals surface area contributed by atoms with Gasteiger partial charge in [0.1, 0.15) is 0 Å². The van der Waals surface area contributed by atoms with Crippen molar-refractivity contribution in [2.45, 2.75) is 40.0 Å². The summed E-state index contributed by atoms with van der Waals surface area (Å²) in [5.74, 6) is 1.12. The number of aromatic nitrogens is 1. The van der Waals surface area contributed by atoms with Gasteiger partial charge in [-0.25, -0.2) is 4.98 Å². The quantitative estimate of drug-likeness (QED) is 0.453. The molecule has 0 aliphatic carbocycles. The smallest absolute Gasteiger partial charge is 0.188 e. The second kappa shape index (κ2) is 8.08. The maximum Gasteiger partial charge on any atom is 0.188 e. The summed E-state index contributed by atoms with van der Waals surface area (Å²) >= 11 is 1.75. The predicted octanol–water partition coefficient (Wildman–Crippen LogP) is 2.33. The highest BCUT2D eigenvalue weighted by Crippen LogP contribution is 2.11. The van der Waals surface area contributed by atoms with Gasteiger partial charge in [-0.2, -0.15) is 0 Å². The van der Waals surface area contributed by atoms with E-state index in [2.05, 4.69) is 34.5 Å². The zero-order valence-corrected chi connectivity index (χ0v) is 12.4. The van der Waals surface area contributed by atoms with Crippen molar-refractivity contribution in [1.29, 1.82) is 0 Å². The van der Waals surface area contributed by atoms with Crippen molar-refractivity contribution in [1.82, 2.24) is 10.3 Å². The maximum absolute atomic E-state index is 5.75. The van der Waals surface area contributed by atoms with E-state index in [1.807, 2.05) is 6.92 Å². The van der Waals surface area contributed by atoms with E-state index in [4.69, 9.17) is 5.73 Å². The fraction of sp³-hybridized carbons (Fsp3) is 0.692. The van der Waals surface area contributed by atoms with Gasteiger partial charge >= 0.3 is 0 Å². The zero-order chi connectivity index (χ0) is 13.4. The van der Waals surface area contributed by atoms with Crippen LogP contribution in [0.1, 0.15) is 37.4 Å². The van der Waals surface area contributed by atoms with Crippen LogP contribution in [0.15, 0.2) is 10.4 Å². The van der Waals surface area contributed by atoms with Crippen LogP contribution in [0.25, 0.3) is 0 Å². The average molecular weight is 268 g/mol. The van der Waals surface area contributed by atoms with Gasteiger partial charge in [0.05, 0.1) is 5.01 Å². The van der Waals surface area contributed by atoms with E-state index in [-0.39, 0.29) is 0 Å². The summed E-state index contributed by atoms with van der Waals surface area (Å²) in [6.07, 6.45) is 3.29. The third kappa shape index (κ3) is 6.59. The van der Waals surface area contributed by atoms with Crippen LogP contribution in [-0.2, 0) is 6.42 Å². The van der Waals surface area contributed by atoms with Gasteiger partial charge in [0.2, 0.25) is 0 Å². The fourth-order valence-electron chi connectivity index (χ4n) is 1.47. The molecular formula is C13H24N4S. The van der Waals surface area contributed by atoms with Gasteiger partial charge in [0.15, 0.2) is 5.96 Å². The lowest BCUT2D eigenvalue weighted by Gasteiger charge is -2.06. The van der Waals surface area contributed by atoms with Crippen LogP contribution in [0.2, 0.25) is 0 Å². The van der Waals surface area contributed by atoms with E-state index in [1.54, 1.807) is 11.3 Å². The number of nitrogens with zero attached hydrogens (tertiary/aromatic N) is 2. The molecular weight excluding hydrogens is 244 g/mol. The first-order chi connectivity index (χ1) is 8.58. The molecule has 1 rings (SSSR count). The Morgan fingerprint density at radius 3 is 2.89 bits per heavy atom. The molecule has 1 aromatic heterocycles. The number of aryl methyl sites for hydroxylation is 2. The van der Waals surface area contributed by atoms with E-state index in [0.29, 0.717) is 11.9 Å². The number of unbranched alkanes of at least 4 members (excludes halogenated alkanes) is 1. The topological polar surface area (TPSA) is 63.3 Å². The second-order valence-corrected chi connectivity index (χ2v) is 5.83. The third-order valence-electron chi connectivity index (χ3n) is 2.42. The molecule has 5 heteroatoms. The predicted molar refractivity (Wildman–Crippen MR) is 79.1 cm³/mol. The van der Waals surface area contributed by atoms with Gasteiger partial charge in [0.25, 0.3) is 0 Å². The highest BCUT2D eigenvalue weighted by atomic mass is 32.1. The molecule has 0 fully saturated rings. The zero-order valence-electron chi connectivity index (χ0n) is 11.6. The van der Waals surface area contributed by atoms with Crippen molar-refractivity contribution in [2.75, 3.05) is 13.1 Å². The van der Waals surface area contributed by atoms with Gasteiger partial charge < -0.3 is 11.1 Å². The van der Waals surface area contributed by atoms with Crippen LogP contribution in [0.3, 0.4) is 0 Å². The molecule has 1 heterocycles. The Labute approximate surface area is 114 Å². The van der Waals surface area contributed by atoms with Crippen molar-refractivity contribution in [2.24, 2.45) is 16.6 Å². The highest BCUT2D eigenvalue weighted by molar-refractivity contribution is 7.09. The third-order valence-corrected chi connectivity index (χ3v) is 3.44. The van der Waals surface area contributed by atoms with Crippen LogP contribution in [0.5, 0.6) is 0 Å². The van der Waals surface area contributed by atoms with Crippen molar-refractivity contribution < 1.29 is 0 Å². The second-order valence-electron chi connectivity index (χ2n) is 4.89. The molecule has 0 amide bonds. The van der Waals surface area contributed by atoms with Crippen LogP contribution in [-0.4, -0.2) is 24.0 Å². The molecule has 0 saturated heterocycles. The minimum absolute atomic E-state index is 0.554. The summed E-state index contributed by atoms with van der Waals surface area (Å²) in [6.45, 7) is 7.97. The Morgan fingerprint density at radius 2 is 2.28 bits per heavy atom. The molecule has 3 N–H and O–H groups in total. The molecule has 0 aliphatic rings. The maximum atomic E-state index is 5.75. The van der Waals surface area contributed by atoms with Gasteiger partial charge in [-0.05, 0) is 32.1 Å². The molecule has 0 saturated carbocycles. The van der Waals surface area contributed by atoms with E-state index in [0.717, 1.165) is 38.0 Å². The molecule has 0 radical (unpaired) electrons. The molecule has 0 aromatic carbocycles. The minimum atomic E-state index is 0.554. The largest absolute Gasteiger partial charge is 0.370 e. The number of hydrogen-bond acceptors (Lipinski definition) is 3. The summed E-state index contributed by atoms with van der Waals surface area (Å²) in [7, 11) is 0. The molecule has 0 spiro atoms. The van der Waals surface area contributed by atoms with Gasteiger partial charge in [-0.1, -0.05) is 13.8 Å². The Morgan fingerprint density at radius 1 is 1.50 bits per heavy atom. The first-order valence-electron chi connectivity index (χ1n) is 6.52. The summed E-state index contributed by atoms with van der Waals surface area (Å²) < 4.78 is 0. The lowest BCUT2D eigenvalue weighted by atomic mass is 10.2. The molecule has 4 nitrogen and oxygen atoms in total. The number of nitrogens with two attached hydrogens (primary N) is 1. The highest BCUT2D eigenvalue weighted by Gasteiger charge is 1.99. The minimum Gasteiger partial charge on any atom is -0.370 e. The number of nitrogens with one attached hydrogen (secondary N) is 1. The van der Waals surface area contributed by atoms with Crippen molar-refractivity contribution in [3.8, 4) is 0 Å². The molecule has 0 aliphatic heterocycles. The van der Waals surface area contributed by atoms with Gasteiger partial charge in [-0.15, -0.1) is 11.3 Å². The molecule has 0 unspecified atom stereocenters. The lowest BCUT2D eigenvalue weighted by Crippen LogP contribution is -2.32. The van der Waals surface area contributed by atoms with E-state index < -0.39 is 0 Å². The number of guanidine groups is 1. The first-order valence-corrected chi connectivity index (χ1v) is 7.40. The van der Waals surface area contributed by atoms with Crippen molar-refractivity contribution in [3.05, 3.63) is 16.1 Å². The molecule has 1 aromatic rings. The average Bonchev–Trinajstić information content (AvgIpc) is 2.72. The van der Waals surface area contributed by atoms with Crippen LogP contribution in [0, 0.1) is 12.8 Å². The Balaban J connectivity index is 2.06. The number of thiazole rings is 1. The van der Waals surface area contributed by atoms with Crippen LogP contribution < -0.4 is 11.1 Å². The van der Waals surface area contributed by atoms with Gasteiger partial charge in [-0.3, -0.25) is 4.99 Å². The number of rotatable bonds is 7. The Bertz CT molecular complexity index is 371. The summed E-state index contributed by atoms with van der Waals surface area (Å²) in [4.78, 5) is 8.70. The number of aliphatic imine (C=N–C) groups is 1. The Kier molecular flexibility index (Phi) is 6.72. The van der Waals surface area contributed by atoms with E-state index in [9.17, 15) is 0 Å². The molecule has 102 valence electrons. The standard InChI is InChI=1S/C13H24N4S/c1-10(2)8-16-13(14)15-7-5-4-6-12-17-11(3)9-18-12/h9-10H,4-8H2,1-3H3,(H3,14,15,16). The summed E-state index contributed by atoms with van der Waals surface area (Å²) in [5.41, 5.74) is 6.87. The van der Waals surface area contributed by atoms with Crippen LogP contribution in [0.4, 0.5) is 0 Å². The van der Waals surface area contributed by atoms with Crippen molar-refractivity contribution >= 4 is 17.3 Å². The fourth-order valence-corrected chi connectivity index (χ4v) is 2.29. The Hall–Kier alpha value is -1.10. The summed E-state index contributed by atoms with van der Waals surface area (Å²) in [5, 5.41) is 6.47. The normalized spacial score (nSPS) is 12.1. The lowest BCUT2D eigenvalue weighted by molar-refractivity contribution is 0.656. The SMILES string of the molecule is Cc1csc(CCCCNC(N)=NCC(C)C)n1.